The van der Waals surface area contributed by atoms with Gasteiger partial charge in [-0.2, -0.15) is 13.2 Å². The lowest BCUT2D eigenvalue weighted by molar-refractivity contribution is -0.137. The van der Waals surface area contributed by atoms with Gasteiger partial charge in [0, 0.05) is 43.9 Å². The van der Waals surface area contributed by atoms with Crippen molar-refractivity contribution < 1.29 is 28.2 Å². The van der Waals surface area contributed by atoms with Crippen molar-refractivity contribution in [3.05, 3.63) is 65.2 Å². The molecule has 4 rings (SSSR count). The Kier molecular flexibility index (Phi) is 7.83. The van der Waals surface area contributed by atoms with Gasteiger partial charge in [0.15, 0.2) is 5.78 Å². The first-order valence-corrected chi connectivity index (χ1v) is 12.3. The van der Waals surface area contributed by atoms with Crippen LogP contribution in [0.15, 0.2) is 48.5 Å². The zero-order valence-corrected chi connectivity index (χ0v) is 19.8. The highest BCUT2D eigenvalue weighted by molar-refractivity contribution is 5.96. The number of rotatable bonds is 7. The first-order chi connectivity index (χ1) is 16.6. The van der Waals surface area contributed by atoms with Crippen LogP contribution in [0.4, 0.5) is 18.9 Å². The van der Waals surface area contributed by atoms with Crippen LogP contribution < -0.4 is 4.90 Å². The number of piperidine rings is 2. The molecule has 2 aliphatic heterocycles. The number of Topliss-reactive ketones (excluding diaryl/α,β-unsaturated/α-hetero) is 1. The van der Waals surface area contributed by atoms with Gasteiger partial charge >= 0.3 is 6.18 Å². The number of likely N-dealkylation sites (tertiary alicyclic amines) is 1. The SMILES string of the molecule is O=C(CCCN1CCC(O)(c2cccc(C(F)(F)F)c2)CC1)c1ccc(N2CCC(O)CC2)cc1. The molecular formula is C27H33F3N2O3. The van der Waals surface area contributed by atoms with E-state index < -0.39 is 17.3 Å². The van der Waals surface area contributed by atoms with Crippen LogP contribution in [0.1, 0.15) is 60.0 Å². The Morgan fingerprint density at radius 1 is 1.00 bits per heavy atom. The maximum atomic E-state index is 13.0. The fraction of sp³-hybridized carbons (Fsp3) is 0.519. The minimum atomic E-state index is -4.43. The van der Waals surface area contributed by atoms with E-state index in [1.54, 1.807) is 6.07 Å². The highest BCUT2D eigenvalue weighted by atomic mass is 19.4. The van der Waals surface area contributed by atoms with Gasteiger partial charge in [0.2, 0.25) is 0 Å². The van der Waals surface area contributed by atoms with Crippen molar-refractivity contribution in [1.82, 2.24) is 4.90 Å². The van der Waals surface area contributed by atoms with E-state index in [1.165, 1.54) is 6.07 Å². The minimum absolute atomic E-state index is 0.0862. The second kappa shape index (κ2) is 10.7. The Bertz CT molecular complexity index is 993. The van der Waals surface area contributed by atoms with Crippen LogP contribution in [0, 0.1) is 0 Å². The predicted octanol–water partition coefficient (Wildman–Crippen LogP) is 4.61. The molecule has 0 aromatic heterocycles. The molecule has 2 aromatic rings. The van der Waals surface area contributed by atoms with Crippen LogP contribution in [-0.4, -0.2) is 59.7 Å². The van der Waals surface area contributed by atoms with Gasteiger partial charge < -0.3 is 20.0 Å². The fourth-order valence-corrected chi connectivity index (χ4v) is 5.01. The highest BCUT2D eigenvalue weighted by Crippen LogP contribution is 2.36. The first-order valence-electron chi connectivity index (χ1n) is 12.3. The minimum Gasteiger partial charge on any atom is -0.393 e. The maximum Gasteiger partial charge on any atom is 0.416 e. The molecular weight excluding hydrogens is 457 g/mol. The van der Waals surface area contributed by atoms with E-state index in [9.17, 15) is 28.2 Å². The monoisotopic (exact) mass is 490 g/mol. The molecule has 2 fully saturated rings. The van der Waals surface area contributed by atoms with Gasteiger partial charge in [-0.25, -0.2) is 0 Å². The normalized spacial score (nSPS) is 19.6. The average molecular weight is 491 g/mol. The van der Waals surface area contributed by atoms with Crippen molar-refractivity contribution in [3.63, 3.8) is 0 Å². The molecule has 2 saturated heterocycles. The zero-order chi connectivity index (χ0) is 25.1. The molecule has 2 aromatic carbocycles. The summed E-state index contributed by atoms with van der Waals surface area (Å²) in [7, 11) is 0. The van der Waals surface area contributed by atoms with Crippen LogP contribution in [0.5, 0.6) is 0 Å². The fourth-order valence-electron chi connectivity index (χ4n) is 5.01. The number of ketones is 1. The Balaban J connectivity index is 1.22. The number of halogens is 3. The Hall–Kier alpha value is -2.42. The van der Waals surface area contributed by atoms with Crippen molar-refractivity contribution in [2.75, 3.05) is 37.6 Å². The summed E-state index contributed by atoms with van der Waals surface area (Å²) in [4.78, 5) is 17.0. The number of anilines is 1. The van der Waals surface area contributed by atoms with Crippen molar-refractivity contribution in [1.29, 1.82) is 0 Å². The number of nitrogens with zero attached hydrogens (tertiary/aromatic N) is 2. The molecule has 5 nitrogen and oxygen atoms in total. The molecule has 0 amide bonds. The van der Waals surface area contributed by atoms with Crippen molar-refractivity contribution in [2.45, 2.75) is 56.4 Å². The van der Waals surface area contributed by atoms with Gasteiger partial charge in [-0.15, -0.1) is 0 Å². The number of carbonyl (C=O) groups excluding carboxylic acids is 1. The van der Waals surface area contributed by atoms with Crippen LogP contribution >= 0.6 is 0 Å². The van der Waals surface area contributed by atoms with Gasteiger partial charge in [-0.1, -0.05) is 12.1 Å². The van der Waals surface area contributed by atoms with E-state index in [0.717, 1.165) is 43.8 Å². The Labute approximate surface area is 204 Å². The highest BCUT2D eigenvalue weighted by Gasteiger charge is 2.37. The summed E-state index contributed by atoms with van der Waals surface area (Å²) in [6.07, 6.45) is -1.31. The summed E-state index contributed by atoms with van der Waals surface area (Å²) in [5.41, 5.74) is 0.0544. The third-order valence-corrected chi connectivity index (χ3v) is 7.31. The summed E-state index contributed by atoms with van der Waals surface area (Å²) in [5.74, 6) is 0.0862. The summed E-state index contributed by atoms with van der Waals surface area (Å²) < 4.78 is 39.1. The molecule has 0 atom stereocenters. The van der Waals surface area contributed by atoms with Gasteiger partial charge in [0.1, 0.15) is 0 Å². The van der Waals surface area contributed by atoms with Crippen LogP contribution in [0.3, 0.4) is 0 Å². The van der Waals surface area contributed by atoms with E-state index in [-0.39, 0.29) is 11.9 Å². The zero-order valence-electron chi connectivity index (χ0n) is 19.8. The summed E-state index contributed by atoms with van der Waals surface area (Å²) >= 11 is 0. The topological polar surface area (TPSA) is 64.0 Å². The molecule has 2 N–H and O–H groups in total. The number of aliphatic hydroxyl groups excluding tert-OH is 1. The van der Waals surface area contributed by atoms with Crippen molar-refractivity contribution >= 4 is 11.5 Å². The molecule has 0 spiro atoms. The summed E-state index contributed by atoms with van der Waals surface area (Å²) in [6.45, 7) is 3.47. The molecule has 0 unspecified atom stereocenters. The summed E-state index contributed by atoms with van der Waals surface area (Å²) in [6, 6.07) is 12.6. The number of benzene rings is 2. The number of aliphatic hydroxyl groups is 2. The van der Waals surface area contributed by atoms with Crippen LogP contribution in [0.25, 0.3) is 0 Å². The second-order valence-electron chi connectivity index (χ2n) is 9.74. The van der Waals surface area contributed by atoms with E-state index in [2.05, 4.69) is 9.80 Å². The summed E-state index contributed by atoms with van der Waals surface area (Å²) in [5, 5.41) is 20.6. The van der Waals surface area contributed by atoms with Gasteiger partial charge in [-0.3, -0.25) is 4.79 Å². The van der Waals surface area contributed by atoms with Crippen molar-refractivity contribution in [2.24, 2.45) is 0 Å². The smallest absolute Gasteiger partial charge is 0.393 e. The predicted molar refractivity (Wildman–Crippen MR) is 128 cm³/mol. The molecule has 35 heavy (non-hydrogen) atoms. The average Bonchev–Trinajstić information content (AvgIpc) is 2.85. The first kappa shape index (κ1) is 25.7. The van der Waals surface area contributed by atoms with Gasteiger partial charge in [-0.05, 0) is 80.6 Å². The lowest BCUT2D eigenvalue weighted by Gasteiger charge is -2.38. The molecule has 8 heteroatoms. The van der Waals surface area contributed by atoms with Crippen molar-refractivity contribution in [3.8, 4) is 0 Å². The molecule has 0 saturated carbocycles. The number of hydrogen-bond acceptors (Lipinski definition) is 5. The van der Waals surface area contributed by atoms with E-state index in [0.29, 0.717) is 56.4 Å². The molecule has 0 radical (unpaired) electrons. The Morgan fingerprint density at radius 3 is 2.29 bits per heavy atom. The lowest BCUT2D eigenvalue weighted by atomic mass is 9.83. The van der Waals surface area contributed by atoms with Crippen LogP contribution in [-0.2, 0) is 11.8 Å². The lowest BCUT2D eigenvalue weighted by Crippen LogP contribution is -2.43. The molecule has 2 heterocycles. The number of carbonyl (C=O) groups is 1. The molecule has 0 bridgehead atoms. The second-order valence-corrected chi connectivity index (χ2v) is 9.74. The molecule has 2 aliphatic rings. The third kappa shape index (κ3) is 6.42. The molecule has 190 valence electrons. The van der Waals surface area contributed by atoms with Gasteiger partial charge in [0.05, 0.1) is 17.3 Å². The van der Waals surface area contributed by atoms with Gasteiger partial charge in [0.25, 0.3) is 0 Å². The number of alkyl halides is 3. The molecule has 0 aliphatic carbocycles. The van der Waals surface area contributed by atoms with E-state index in [4.69, 9.17) is 0 Å². The quantitative estimate of drug-likeness (QED) is 0.555. The van der Waals surface area contributed by atoms with E-state index >= 15 is 0 Å². The number of hydrogen-bond donors (Lipinski definition) is 2. The maximum absolute atomic E-state index is 13.0. The standard InChI is InChI=1S/C27H33F3N2O3/c28-27(29,30)22-4-1-3-21(19-22)26(35)12-17-31(18-13-26)14-2-5-25(34)20-6-8-23(9-7-20)32-15-10-24(33)11-16-32/h1,3-4,6-9,19,24,33,35H,2,5,10-18H2. The van der Waals surface area contributed by atoms with Crippen LogP contribution in [0.2, 0.25) is 0 Å². The third-order valence-electron chi connectivity index (χ3n) is 7.31. The Morgan fingerprint density at radius 2 is 1.66 bits per heavy atom. The van der Waals surface area contributed by atoms with E-state index in [1.807, 2.05) is 24.3 Å². The largest absolute Gasteiger partial charge is 0.416 e.